The van der Waals surface area contributed by atoms with Crippen LogP contribution in [0.2, 0.25) is 0 Å². The van der Waals surface area contributed by atoms with Gasteiger partial charge in [-0.25, -0.2) is 0 Å². The van der Waals surface area contributed by atoms with E-state index in [2.05, 4.69) is 12.2 Å². The highest BCUT2D eigenvalue weighted by Gasteiger charge is 2.40. The maximum absolute atomic E-state index is 12.2. The zero-order valence-electron chi connectivity index (χ0n) is 8.37. The van der Waals surface area contributed by atoms with Crippen molar-refractivity contribution in [1.82, 2.24) is 9.80 Å². The van der Waals surface area contributed by atoms with Crippen LogP contribution in [-0.4, -0.2) is 46.0 Å². The average Bonchev–Trinajstić information content (AvgIpc) is 2.11. The molecule has 0 unspecified atom stereocenters. The summed E-state index contributed by atoms with van der Waals surface area (Å²) in [6.07, 6.45) is -5.09. The summed E-state index contributed by atoms with van der Waals surface area (Å²) in [5, 5.41) is -0.374. The topological polar surface area (TPSA) is 40.6 Å². The molecule has 1 aliphatic heterocycles. The van der Waals surface area contributed by atoms with Crippen LogP contribution >= 0.6 is 12.2 Å². The van der Waals surface area contributed by atoms with Gasteiger partial charge in [-0.3, -0.25) is 19.4 Å². The minimum Gasteiger partial charge on any atom is -0.289 e. The van der Waals surface area contributed by atoms with Crippen LogP contribution in [0.5, 0.6) is 0 Å². The molecule has 1 rings (SSSR count). The van der Waals surface area contributed by atoms with Crippen LogP contribution in [0.3, 0.4) is 0 Å². The van der Waals surface area contributed by atoms with Crippen LogP contribution in [0.15, 0.2) is 0 Å². The Balaban J connectivity index is 2.88. The van der Waals surface area contributed by atoms with Crippen molar-refractivity contribution in [3.63, 3.8) is 0 Å². The molecule has 1 aliphatic rings. The van der Waals surface area contributed by atoms with Crippen molar-refractivity contribution in [2.24, 2.45) is 0 Å². The van der Waals surface area contributed by atoms with Crippen molar-refractivity contribution < 1.29 is 22.8 Å². The van der Waals surface area contributed by atoms with Crippen molar-refractivity contribution in [2.75, 3.05) is 13.1 Å². The van der Waals surface area contributed by atoms with E-state index in [1.165, 1.54) is 0 Å². The molecule has 1 saturated heterocycles. The molecule has 0 atom stereocenters. The zero-order chi connectivity index (χ0) is 12.5. The second-order valence-corrected chi connectivity index (χ2v) is 3.56. The molecule has 0 aromatic carbocycles. The van der Waals surface area contributed by atoms with Gasteiger partial charge < -0.3 is 0 Å². The summed E-state index contributed by atoms with van der Waals surface area (Å²) in [4.78, 5) is 23.9. The van der Waals surface area contributed by atoms with Gasteiger partial charge in [-0.05, 0) is 19.1 Å². The van der Waals surface area contributed by atoms with Crippen LogP contribution in [0.1, 0.15) is 13.3 Å². The van der Waals surface area contributed by atoms with Gasteiger partial charge in [0.15, 0.2) is 5.11 Å². The fourth-order valence-corrected chi connectivity index (χ4v) is 1.72. The molecule has 90 valence electrons. The van der Waals surface area contributed by atoms with Gasteiger partial charge in [-0.15, -0.1) is 0 Å². The third-order valence-corrected chi connectivity index (χ3v) is 2.46. The SMILES string of the molecule is CCN1C(=O)CC(=O)N(CC(F)(F)F)C1=S. The molecule has 8 heteroatoms. The Morgan fingerprint density at radius 3 is 2.19 bits per heavy atom. The monoisotopic (exact) mass is 254 g/mol. The number of carbonyl (C=O) groups excluding carboxylic acids is 2. The largest absolute Gasteiger partial charge is 0.406 e. The van der Waals surface area contributed by atoms with E-state index < -0.39 is 31.0 Å². The van der Waals surface area contributed by atoms with E-state index >= 15 is 0 Å². The van der Waals surface area contributed by atoms with Crippen LogP contribution < -0.4 is 0 Å². The minimum absolute atomic E-state index is 0.152. The summed E-state index contributed by atoms with van der Waals surface area (Å²) in [7, 11) is 0. The fraction of sp³-hybridized carbons (Fsp3) is 0.625. The predicted molar refractivity (Wildman–Crippen MR) is 52.4 cm³/mol. The van der Waals surface area contributed by atoms with E-state index in [1.807, 2.05) is 0 Å². The third-order valence-electron chi connectivity index (χ3n) is 2.02. The first-order chi connectivity index (χ1) is 7.26. The van der Waals surface area contributed by atoms with Crippen molar-refractivity contribution in [3.05, 3.63) is 0 Å². The molecule has 2 amide bonds. The van der Waals surface area contributed by atoms with Crippen LogP contribution in [0.4, 0.5) is 13.2 Å². The first-order valence-corrected chi connectivity index (χ1v) is 4.88. The Morgan fingerprint density at radius 1 is 1.25 bits per heavy atom. The third kappa shape index (κ3) is 2.69. The maximum atomic E-state index is 12.2. The summed E-state index contributed by atoms with van der Waals surface area (Å²) in [5.41, 5.74) is 0. The number of nitrogens with zero attached hydrogens (tertiary/aromatic N) is 2. The molecule has 0 spiro atoms. The Bertz CT molecular complexity index is 343. The number of carbonyl (C=O) groups is 2. The van der Waals surface area contributed by atoms with E-state index in [4.69, 9.17) is 0 Å². The molecule has 4 nitrogen and oxygen atoms in total. The van der Waals surface area contributed by atoms with Crippen LogP contribution in [0, 0.1) is 0 Å². The number of hydrogen-bond acceptors (Lipinski definition) is 3. The van der Waals surface area contributed by atoms with Crippen LogP contribution in [0.25, 0.3) is 0 Å². The predicted octanol–water partition coefficient (Wildman–Crippen LogP) is 0.914. The van der Waals surface area contributed by atoms with Gasteiger partial charge >= 0.3 is 6.18 Å². The zero-order valence-corrected chi connectivity index (χ0v) is 9.19. The average molecular weight is 254 g/mol. The number of halogens is 3. The van der Waals surface area contributed by atoms with Gasteiger partial charge in [-0.1, -0.05) is 0 Å². The quantitative estimate of drug-likeness (QED) is 0.543. The van der Waals surface area contributed by atoms with E-state index in [0.717, 1.165) is 4.90 Å². The molecule has 0 aliphatic carbocycles. The lowest BCUT2D eigenvalue weighted by atomic mass is 10.2. The van der Waals surface area contributed by atoms with Crippen molar-refractivity contribution in [3.8, 4) is 0 Å². The standard InChI is InChI=1S/C8H9F3N2O2S/c1-2-12-5(14)3-6(15)13(7(12)16)4-8(9,10)11/h2-4H2,1H3. The molecule has 0 aromatic rings. The smallest absolute Gasteiger partial charge is 0.289 e. The molecule has 0 radical (unpaired) electrons. The number of hydrogen-bond donors (Lipinski definition) is 0. The fourth-order valence-electron chi connectivity index (χ4n) is 1.33. The van der Waals surface area contributed by atoms with Crippen molar-refractivity contribution in [1.29, 1.82) is 0 Å². The number of rotatable bonds is 2. The lowest BCUT2D eigenvalue weighted by Crippen LogP contribution is -2.56. The summed E-state index contributed by atoms with van der Waals surface area (Å²) in [5.74, 6) is -1.46. The lowest BCUT2D eigenvalue weighted by Gasteiger charge is -2.35. The Labute approximate surface area is 95.0 Å². The Morgan fingerprint density at radius 2 is 1.75 bits per heavy atom. The maximum Gasteiger partial charge on any atom is 0.406 e. The van der Waals surface area contributed by atoms with Gasteiger partial charge in [0.25, 0.3) is 0 Å². The molecular weight excluding hydrogens is 245 g/mol. The number of amides is 2. The molecule has 16 heavy (non-hydrogen) atoms. The highest BCUT2D eigenvalue weighted by molar-refractivity contribution is 7.80. The second kappa shape index (κ2) is 4.36. The van der Waals surface area contributed by atoms with Gasteiger partial charge in [0.2, 0.25) is 11.8 Å². The van der Waals surface area contributed by atoms with E-state index in [0.29, 0.717) is 4.90 Å². The number of alkyl halides is 3. The molecule has 0 bridgehead atoms. The molecule has 0 saturated carbocycles. The molecular formula is C8H9F3N2O2S. The normalized spacial score (nSPS) is 18.4. The summed E-state index contributed by atoms with van der Waals surface area (Å²) in [6.45, 7) is 0.277. The van der Waals surface area contributed by atoms with Gasteiger partial charge in [0.05, 0.1) is 0 Å². The van der Waals surface area contributed by atoms with E-state index in [-0.39, 0.29) is 11.7 Å². The summed E-state index contributed by atoms with van der Waals surface area (Å²) < 4.78 is 36.5. The summed E-state index contributed by atoms with van der Waals surface area (Å²) in [6, 6.07) is 0. The van der Waals surface area contributed by atoms with Gasteiger partial charge in [-0.2, -0.15) is 13.2 Å². The molecule has 1 heterocycles. The first-order valence-electron chi connectivity index (χ1n) is 4.47. The Hall–Kier alpha value is -1.18. The second-order valence-electron chi connectivity index (χ2n) is 3.19. The molecule has 1 fully saturated rings. The minimum atomic E-state index is -4.53. The highest BCUT2D eigenvalue weighted by atomic mass is 32.1. The lowest BCUT2D eigenvalue weighted by molar-refractivity contribution is -0.158. The van der Waals surface area contributed by atoms with E-state index in [1.54, 1.807) is 6.92 Å². The van der Waals surface area contributed by atoms with Crippen LogP contribution in [-0.2, 0) is 9.59 Å². The molecule has 0 aromatic heterocycles. The highest BCUT2D eigenvalue weighted by Crippen LogP contribution is 2.21. The van der Waals surface area contributed by atoms with Crippen molar-refractivity contribution >= 4 is 29.1 Å². The molecule has 0 N–H and O–H groups in total. The first kappa shape index (κ1) is 12.9. The van der Waals surface area contributed by atoms with Gasteiger partial charge in [0, 0.05) is 6.54 Å². The summed E-state index contributed by atoms with van der Waals surface area (Å²) >= 11 is 4.68. The Kier molecular flexibility index (Phi) is 3.51. The van der Waals surface area contributed by atoms with Gasteiger partial charge in [0.1, 0.15) is 13.0 Å². The van der Waals surface area contributed by atoms with Crippen molar-refractivity contribution in [2.45, 2.75) is 19.5 Å². The number of thiocarbonyl (C=S) groups is 1. The van der Waals surface area contributed by atoms with E-state index in [9.17, 15) is 22.8 Å².